The van der Waals surface area contributed by atoms with Crippen molar-refractivity contribution in [2.45, 2.75) is 26.4 Å². The maximum atomic E-state index is 11.0. The molecule has 0 aromatic heterocycles. The molecule has 86 valence electrons. The van der Waals surface area contributed by atoms with Crippen molar-refractivity contribution >= 4 is 5.97 Å². The van der Waals surface area contributed by atoms with Gasteiger partial charge in [-0.15, -0.1) is 0 Å². The molecular weight excluding hydrogens is 208 g/mol. The number of rotatable bonds is 3. The molecular formula is C12H14O4. The van der Waals surface area contributed by atoms with Crippen LogP contribution in [0.2, 0.25) is 0 Å². The summed E-state index contributed by atoms with van der Waals surface area (Å²) in [7, 11) is 0. The van der Waals surface area contributed by atoms with E-state index in [1.807, 2.05) is 13.8 Å². The van der Waals surface area contributed by atoms with Crippen LogP contribution in [0.25, 0.3) is 0 Å². The van der Waals surface area contributed by atoms with Crippen LogP contribution in [0.5, 0.6) is 11.5 Å². The van der Waals surface area contributed by atoms with Crippen LogP contribution in [0.1, 0.15) is 29.8 Å². The molecule has 0 fully saturated rings. The molecule has 0 bridgehead atoms. The van der Waals surface area contributed by atoms with Crippen LogP contribution in [0.15, 0.2) is 12.1 Å². The van der Waals surface area contributed by atoms with Gasteiger partial charge in [0.15, 0.2) is 0 Å². The summed E-state index contributed by atoms with van der Waals surface area (Å²) >= 11 is 0. The van der Waals surface area contributed by atoms with E-state index < -0.39 is 5.97 Å². The van der Waals surface area contributed by atoms with Crippen LogP contribution in [0.3, 0.4) is 0 Å². The van der Waals surface area contributed by atoms with Crippen LogP contribution in [0, 0.1) is 0 Å². The Morgan fingerprint density at radius 3 is 3.00 bits per heavy atom. The summed E-state index contributed by atoms with van der Waals surface area (Å²) in [6.45, 7) is 4.24. The highest BCUT2D eigenvalue weighted by Gasteiger charge is 2.23. The zero-order valence-corrected chi connectivity index (χ0v) is 9.32. The van der Waals surface area contributed by atoms with Gasteiger partial charge in [0.05, 0.1) is 6.61 Å². The number of carboxylic acids is 1. The second kappa shape index (κ2) is 4.04. The van der Waals surface area contributed by atoms with Crippen LogP contribution in [-0.4, -0.2) is 23.8 Å². The molecule has 1 heterocycles. The molecule has 4 nitrogen and oxygen atoms in total. The summed E-state index contributed by atoms with van der Waals surface area (Å²) < 4.78 is 10.8. The van der Waals surface area contributed by atoms with Crippen molar-refractivity contribution in [3.63, 3.8) is 0 Å². The van der Waals surface area contributed by atoms with Gasteiger partial charge in [-0.2, -0.15) is 0 Å². The van der Waals surface area contributed by atoms with Gasteiger partial charge in [-0.05, 0) is 26.0 Å². The van der Waals surface area contributed by atoms with E-state index >= 15 is 0 Å². The normalized spacial score (nSPS) is 17.8. The van der Waals surface area contributed by atoms with E-state index in [1.165, 1.54) is 0 Å². The van der Waals surface area contributed by atoms with Gasteiger partial charge in [0.1, 0.15) is 23.2 Å². The minimum absolute atomic E-state index is 0.105. The van der Waals surface area contributed by atoms with Crippen molar-refractivity contribution in [2.75, 3.05) is 6.61 Å². The minimum atomic E-state index is -0.991. The van der Waals surface area contributed by atoms with Crippen molar-refractivity contribution in [3.8, 4) is 11.5 Å². The fourth-order valence-electron chi connectivity index (χ4n) is 1.88. The topological polar surface area (TPSA) is 55.8 Å². The van der Waals surface area contributed by atoms with Gasteiger partial charge in [-0.25, -0.2) is 4.79 Å². The lowest BCUT2D eigenvalue weighted by molar-refractivity contribution is 0.0692. The molecule has 1 atom stereocenters. The number of carbonyl (C=O) groups is 1. The largest absolute Gasteiger partial charge is 0.493 e. The van der Waals surface area contributed by atoms with Crippen LogP contribution in [-0.2, 0) is 6.42 Å². The Hall–Kier alpha value is -1.71. The van der Waals surface area contributed by atoms with Gasteiger partial charge >= 0.3 is 5.97 Å². The molecule has 4 heteroatoms. The Kier molecular flexibility index (Phi) is 2.73. The van der Waals surface area contributed by atoms with Gasteiger partial charge in [0.2, 0.25) is 0 Å². The zero-order valence-electron chi connectivity index (χ0n) is 9.32. The quantitative estimate of drug-likeness (QED) is 0.850. The fraction of sp³-hybridized carbons (Fsp3) is 0.417. The smallest absolute Gasteiger partial charge is 0.339 e. The van der Waals surface area contributed by atoms with Gasteiger partial charge in [0, 0.05) is 12.0 Å². The minimum Gasteiger partial charge on any atom is -0.493 e. The molecule has 1 aromatic carbocycles. The third-order valence-electron chi connectivity index (χ3n) is 2.53. The first-order valence-electron chi connectivity index (χ1n) is 5.31. The standard InChI is InChI=1S/C12H14O4/c1-3-15-11-5-8-4-7(2)16-10(8)6-9(11)12(13)14/h5-7H,3-4H2,1-2H3,(H,13,14). The first-order valence-corrected chi connectivity index (χ1v) is 5.31. The van der Waals surface area contributed by atoms with Gasteiger partial charge in [-0.1, -0.05) is 0 Å². The second-order valence-corrected chi connectivity index (χ2v) is 3.83. The molecule has 0 aliphatic carbocycles. The lowest BCUT2D eigenvalue weighted by atomic mass is 10.1. The Labute approximate surface area is 93.8 Å². The van der Waals surface area contributed by atoms with E-state index in [9.17, 15) is 4.79 Å². The van der Waals surface area contributed by atoms with Crippen LogP contribution in [0.4, 0.5) is 0 Å². The summed E-state index contributed by atoms with van der Waals surface area (Å²) in [6, 6.07) is 3.32. The van der Waals surface area contributed by atoms with Crippen LogP contribution >= 0.6 is 0 Å². The maximum absolute atomic E-state index is 11.0. The molecule has 0 spiro atoms. The van der Waals surface area contributed by atoms with E-state index in [0.29, 0.717) is 18.1 Å². The number of hydrogen-bond donors (Lipinski definition) is 1. The zero-order chi connectivity index (χ0) is 11.7. The number of aromatic carboxylic acids is 1. The first-order chi connectivity index (χ1) is 7.61. The highest BCUT2D eigenvalue weighted by molar-refractivity contribution is 5.91. The number of hydrogen-bond acceptors (Lipinski definition) is 3. The van der Waals surface area contributed by atoms with E-state index in [0.717, 1.165) is 12.0 Å². The molecule has 0 saturated carbocycles. The van der Waals surface area contributed by atoms with Gasteiger partial charge in [-0.3, -0.25) is 0 Å². The number of fused-ring (bicyclic) bond motifs is 1. The van der Waals surface area contributed by atoms with Crippen molar-refractivity contribution in [2.24, 2.45) is 0 Å². The van der Waals surface area contributed by atoms with Gasteiger partial charge < -0.3 is 14.6 Å². The van der Waals surface area contributed by atoms with Crippen molar-refractivity contribution in [1.29, 1.82) is 0 Å². The second-order valence-electron chi connectivity index (χ2n) is 3.83. The average molecular weight is 222 g/mol. The van der Waals surface area contributed by atoms with Crippen molar-refractivity contribution in [1.82, 2.24) is 0 Å². The summed E-state index contributed by atoms with van der Waals surface area (Å²) in [5.41, 5.74) is 1.18. The molecule has 0 amide bonds. The number of carboxylic acid groups (broad SMARTS) is 1. The predicted molar refractivity (Wildman–Crippen MR) is 58.4 cm³/mol. The summed E-state index contributed by atoms with van der Waals surface area (Å²) in [5.74, 6) is 0.0919. The molecule has 2 rings (SSSR count). The number of benzene rings is 1. The Balaban J connectivity index is 2.45. The van der Waals surface area contributed by atoms with Crippen molar-refractivity contribution in [3.05, 3.63) is 23.3 Å². The van der Waals surface area contributed by atoms with Crippen LogP contribution < -0.4 is 9.47 Å². The lowest BCUT2D eigenvalue weighted by Crippen LogP contribution is -2.05. The number of ether oxygens (including phenoxy) is 2. The van der Waals surface area contributed by atoms with E-state index in [1.54, 1.807) is 12.1 Å². The molecule has 0 saturated heterocycles. The maximum Gasteiger partial charge on any atom is 0.339 e. The lowest BCUT2D eigenvalue weighted by Gasteiger charge is -2.09. The Morgan fingerprint density at radius 2 is 2.38 bits per heavy atom. The average Bonchev–Trinajstić information content (AvgIpc) is 2.56. The van der Waals surface area contributed by atoms with Gasteiger partial charge in [0.25, 0.3) is 0 Å². The third kappa shape index (κ3) is 1.83. The molecule has 1 unspecified atom stereocenters. The Bertz CT molecular complexity index is 425. The summed E-state index contributed by atoms with van der Waals surface area (Å²) in [5, 5.41) is 9.05. The highest BCUT2D eigenvalue weighted by Crippen LogP contribution is 2.35. The molecule has 16 heavy (non-hydrogen) atoms. The van der Waals surface area contributed by atoms with E-state index in [-0.39, 0.29) is 11.7 Å². The Morgan fingerprint density at radius 1 is 1.62 bits per heavy atom. The summed E-state index contributed by atoms with van der Waals surface area (Å²) in [4.78, 5) is 11.0. The monoisotopic (exact) mass is 222 g/mol. The molecule has 1 aromatic rings. The summed E-state index contributed by atoms with van der Waals surface area (Å²) in [6.07, 6.45) is 0.906. The SMILES string of the molecule is CCOc1cc2c(cc1C(=O)O)OC(C)C2. The van der Waals surface area contributed by atoms with E-state index in [2.05, 4.69) is 0 Å². The third-order valence-corrected chi connectivity index (χ3v) is 2.53. The first kappa shape index (κ1) is 10.8. The fourth-order valence-corrected chi connectivity index (χ4v) is 1.88. The molecule has 1 N–H and O–H groups in total. The molecule has 1 aliphatic heterocycles. The molecule has 0 radical (unpaired) electrons. The van der Waals surface area contributed by atoms with Crippen molar-refractivity contribution < 1.29 is 19.4 Å². The molecule has 1 aliphatic rings. The van der Waals surface area contributed by atoms with E-state index in [4.69, 9.17) is 14.6 Å². The predicted octanol–water partition coefficient (Wildman–Crippen LogP) is 2.11. The highest BCUT2D eigenvalue weighted by atomic mass is 16.5.